The lowest BCUT2D eigenvalue weighted by molar-refractivity contribution is 0.328. The van der Waals surface area contributed by atoms with Crippen LogP contribution in [0.5, 0.6) is 0 Å². The van der Waals surface area contributed by atoms with Crippen LogP contribution in [0.4, 0.5) is 0 Å². The number of rotatable bonds is 11. The van der Waals surface area contributed by atoms with E-state index in [1.807, 2.05) is 6.29 Å². The second-order valence-electron chi connectivity index (χ2n) is 6.02. The Kier molecular flexibility index (Phi) is 10.3. The molecular formula is C17H31O. The van der Waals surface area contributed by atoms with Gasteiger partial charge in [0.2, 0.25) is 0 Å². The molecule has 0 aliphatic heterocycles. The summed E-state index contributed by atoms with van der Waals surface area (Å²) in [4.78, 5) is 10.0. The lowest BCUT2D eigenvalue weighted by atomic mass is 9.85. The van der Waals surface area contributed by atoms with Gasteiger partial charge in [0.15, 0.2) is 6.29 Å². The Morgan fingerprint density at radius 2 is 1.28 bits per heavy atom. The van der Waals surface area contributed by atoms with Crippen LogP contribution in [-0.4, -0.2) is 6.29 Å². The minimum Gasteiger partial charge on any atom is -0.291 e. The van der Waals surface area contributed by atoms with Crippen molar-refractivity contribution in [3.05, 3.63) is 0 Å². The minimum atomic E-state index is 0.640. The van der Waals surface area contributed by atoms with Crippen LogP contribution in [0.25, 0.3) is 0 Å². The van der Waals surface area contributed by atoms with E-state index in [2.05, 4.69) is 0 Å². The van der Waals surface area contributed by atoms with Crippen molar-refractivity contribution in [2.75, 3.05) is 0 Å². The SMILES string of the molecule is O=[C]CCCCCCCCCCC1CCCCC1. The quantitative estimate of drug-likeness (QED) is 0.438. The van der Waals surface area contributed by atoms with E-state index < -0.39 is 0 Å². The first kappa shape index (κ1) is 15.7. The molecule has 1 radical (unpaired) electrons. The fraction of sp³-hybridized carbons (Fsp3) is 0.941. The first-order valence-corrected chi connectivity index (χ1v) is 8.28. The molecule has 0 aromatic rings. The number of hydrogen-bond donors (Lipinski definition) is 0. The maximum absolute atomic E-state index is 10.0. The molecule has 18 heavy (non-hydrogen) atoms. The van der Waals surface area contributed by atoms with Crippen LogP contribution in [-0.2, 0) is 4.79 Å². The van der Waals surface area contributed by atoms with Crippen LogP contribution >= 0.6 is 0 Å². The highest BCUT2D eigenvalue weighted by Crippen LogP contribution is 2.28. The van der Waals surface area contributed by atoms with Gasteiger partial charge >= 0.3 is 0 Å². The maximum Gasteiger partial charge on any atom is 0.198 e. The van der Waals surface area contributed by atoms with E-state index in [1.165, 1.54) is 83.5 Å². The normalized spacial score (nSPS) is 16.9. The van der Waals surface area contributed by atoms with E-state index in [0.717, 1.165) is 12.3 Å². The molecule has 0 saturated heterocycles. The maximum atomic E-state index is 10.0. The Balaban J connectivity index is 1.74. The highest BCUT2D eigenvalue weighted by atomic mass is 16.1. The van der Waals surface area contributed by atoms with Crippen molar-refractivity contribution in [1.29, 1.82) is 0 Å². The third-order valence-electron chi connectivity index (χ3n) is 4.37. The Morgan fingerprint density at radius 1 is 0.722 bits per heavy atom. The summed E-state index contributed by atoms with van der Waals surface area (Å²) in [5.74, 6) is 1.07. The third kappa shape index (κ3) is 8.72. The average Bonchev–Trinajstić information content (AvgIpc) is 2.42. The van der Waals surface area contributed by atoms with E-state index in [9.17, 15) is 4.79 Å². The zero-order valence-corrected chi connectivity index (χ0v) is 12.1. The second-order valence-corrected chi connectivity index (χ2v) is 6.02. The van der Waals surface area contributed by atoms with E-state index in [0.29, 0.717) is 6.42 Å². The van der Waals surface area contributed by atoms with Crippen molar-refractivity contribution in [3.8, 4) is 0 Å². The molecule has 0 bridgehead atoms. The fourth-order valence-electron chi connectivity index (χ4n) is 3.17. The van der Waals surface area contributed by atoms with Crippen molar-refractivity contribution in [2.45, 2.75) is 96.3 Å². The highest BCUT2D eigenvalue weighted by molar-refractivity contribution is 5.50. The molecule has 0 aromatic heterocycles. The lowest BCUT2D eigenvalue weighted by Crippen LogP contribution is -2.05. The van der Waals surface area contributed by atoms with Gasteiger partial charge in [-0.25, -0.2) is 0 Å². The highest BCUT2D eigenvalue weighted by Gasteiger charge is 2.12. The summed E-state index contributed by atoms with van der Waals surface area (Å²) in [5, 5.41) is 0. The van der Waals surface area contributed by atoms with E-state index in [-0.39, 0.29) is 0 Å². The molecule has 1 nitrogen and oxygen atoms in total. The third-order valence-corrected chi connectivity index (χ3v) is 4.37. The first-order valence-electron chi connectivity index (χ1n) is 8.28. The molecule has 1 aliphatic rings. The first-order chi connectivity index (χ1) is 8.93. The predicted molar refractivity (Wildman–Crippen MR) is 78.4 cm³/mol. The van der Waals surface area contributed by atoms with Crippen LogP contribution in [0.3, 0.4) is 0 Å². The van der Waals surface area contributed by atoms with Gasteiger partial charge in [-0.1, -0.05) is 83.5 Å². The van der Waals surface area contributed by atoms with Crippen LogP contribution in [0.2, 0.25) is 0 Å². The Morgan fingerprint density at radius 3 is 1.89 bits per heavy atom. The zero-order valence-electron chi connectivity index (χ0n) is 12.1. The van der Waals surface area contributed by atoms with Crippen molar-refractivity contribution < 1.29 is 4.79 Å². The Hall–Kier alpha value is -0.330. The molecule has 0 unspecified atom stereocenters. The molecular weight excluding hydrogens is 220 g/mol. The molecule has 1 heteroatoms. The summed E-state index contributed by atoms with van der Waals surface area (Å²) in [6, 6.07) is 0. The van der Waals surface area contributed by atoms with Gasteiger partial charge in [0.1, 0.15) is 0 Å². The van der Waals surface area contributed by atoms with Crippen LogP contribution in [0, 0.1) is 5.92 Å². The largest absolute Gasteiger partial charge is 0.291 e. The second kappa shape index (κ2) is 11.7. The monoisotopic (exact) mass is 251 g/mol. The van der Waals surface area contributed by atoms with Gasteiger partial charge in [-0.2, -0.15) is 0 Å². The molecule has 0 aromatic carbocycles. The van der Waals surface area contributed by atoms with Gasteiger partial charge in [-0.3, -0.25) is 4.79 Å². The van der Waals surface area contributed by atoms with E-state index >= 15 is 0 Å². The van der Waals surface area contributed by atoms with Gasteiger partial charge in [-0.15, -0.1) is 0 Å². The number of unbranched alkanes of at least 4 members (excludes halogenated alkanes) is 8. The summed E-state index contributed by atoms with van der Waals surface area (Å²) < 4.78 is 0. The Bertz CT molecular complexity index is 182. The van der Waals surface area contributed by atoms with Crippen molar-refractivity contribution in [2.24, 2.45) is 5.92 Å². The fourth-order valence-corrected chi connectivity index (χ4v) is 3.17. The minimum absolute atomic E-state index is 0.640. The van der Waals surface area contributed by atoms with Crippen molar-refractivity contribution >= 4 is 6.29 Å². The van der Waals surface area contributed by atoms with Gasteiger partial charge in [-0.05, 0) is 12.3 Å². The summed E-state index contributed by atoms with van der Waals surface area (Å²) >= 11 is 0. The van der Waals surface area contributed by atoms with Crippen LogP contribution in [0.1, 0.15) is 96.3 Å². The molecule has 0 N–H and O–H groups in total. The molecule has 105 valence electrons. The summed E-state index contributed by atoms with van der Waals surface area (Å²) in [6.45, 7) is 0. The topological polar surface area (TPSA) is 17.1 Å². The summed E-state index contributed by atoms with van der Waals surface area (Å²) in [7, 11) is 0. The van der Waals surface area contributed by atoms with E-state index in [1.54, 1.807) is 0 Å². The van der Waals surface area contributed by atoms with Crippen molar-refractivity contribution in [1.82, 2.24) is 0 Å². The molecule has 0 heterocycles. The van der Waals surface area contributed by atoms with E-state index in [4.69, 9.17) is 0 Å². The number of carbonyl (C=O) groups excluding carboxylic acids is 1. The molecule has 1 rings (SSSR count). The van der Waals surface area contributed by atoms with Crippen molar-refractivity contribution in [3.63, 3.8) is 0 Å². The zero-order chi connectivity index (χ0) is 12.9. The molecule has 1 aliphatic carbocycles. The smallest absolute Gasteiger partial charge is 0.198 e. The van der Waals surface area contributed by atoms with Gasteiger partial charge in [0.25, 0.3) is 0 Å². The molecule has 1 fully saturated rings. The average molecular weight is 251 g/mol. The van der Waals surface area contributed by atoms with Crippen LogP contribution in [0.15, 0.2) is 0 Å². The van der Waals surface area contributed by atoms with Crippen LogP contribution < -0.4 is 0 Å². The number of hydrogen-bond acceptors (Lipinski definition) is 1. The molecule has 0 amide bonds. The van der Waals surface area contributed by atoms with Gasteiger partial charge < -0.3 is 0 Å². The predicted octanol–water partition coefficient (Wildman–Crippen LogP) is 5.58. The Labute approximate surface area is 114 Å². The summed E-state index contributed by atoms with van der Waals surface area (Å²) in [6.07, 6.45) is 22.2. The summed E-state index contributed by atoms with van der Waals surface area (Å²) in [5.41, 5.74) is 0. The molecule has 0 atom stereocenters. The van der Waals surface area contributed by atoms with Gasteiger partial charge in [0, 0.05) is 6.42 Å². The molecule has 0 spiro atoms. The molecule has 1 saturated carbocycles. The van der Waals surface area contributed by atoms with Gasteiger partial charge in [0.05, 0.1) is 0 Å². The standard InChI is InChI=1S/C17H31O/c18-16-12-7-5-3-1-2-4-6-9-13-17-14-10-8-11-15-17/h17H,1-15H2. The lowest BCUT2D eigenvalue weighted by Gasteiger charge is -2.21.